The summed E-state index contributed by atoms with van der Waals surface area (Å²) in [5.41, 5.74) is 0. The number of unbranched alkanes of at least 4 members (excludes halogenated alkanes) is 6. The van der Waals surface area contributed by atoms with E-state index in [1.165, 1.54) is 38.5 Å². The predicted molar refractivity (Wildman–Crippen MR) is 61.4 cm³/mol. The molecule has 0 heterocycles. The van der Waals surface area contributed by atoms with Gasteiger partial charge in [-0.05, 0) is 18.8 Å². The quantitative estimate of drug-likeness (QED) is 0.523. The van der Waals surface area contributed by atoms with Crippen LogP contribution in [0.3, 0.4) is 0 Å². The highest BCUT2D eigenvalue weighted by Gasteiger charge is 2.05. The molecular weight excluding hydrogens is 188 g/mol. The summed E-state index contributed by atoms with van der Waals surface area (Å²) in [6.07, 6.45) is 10.2. The van der Waals surface area contributed by atoms with Crippen LogP contribution in [0.2, 0.25) is 0 Å². The fourth-order valence-electron chi connectivity index (χ4n) is 1.84. The molecule has 0 aliphatic heterocycles. The van der Waals surface area contributed by atoms with Crippen molar-refractivity contribution in [3.63, 3.8) is 0 Å². The number of rotatable bonds is 10. The number of hydrogen-bond donors (Lipinski definition) is 0. The number of carboxylic acid groups (broad SMARTS) is 1. The van der Waals surface area contributed by atoms with E-state index in [-0.39, 0.29) is 5.92 Å². The van der Waals surface area contributed by atoms with Gasteiger partial charge >= 0.3 is 0 Å². The standard InChI is InChI=1S/C13H26O2/c1-3-5-6-7-8-9-10-11-12(4-2)13(14)15/h12H,3-11H2,1-2H3,(H,14,15)/p-1. The molecule has 15 heavy (non-hydrogen) atoms. The van der Waals surface area contributed by atoms with Crippen molar-refractivity contribution in [1.82, 2.24) is 0 Å². The molecule has 0 aromatic carbocycles. The van der Waals surface area contributed by atoms with Gasteiger partial charge in [0.15, 0.2) is 0 Å². The number of aliphatic carboxylic acids is 1. The Balaban J connectivity index is 3.25. The van der Waals surface area contributed by atoms with Crippen LogP contribution in [0.15, 0.2) is 0 Å². The SMILES string of the molecule is CCCCCCCCCC(CC)C(=O)[O-]. The second kappa shape index (κ2) is 10.0. The van der Waals surface area contributed by atoms with Crippen molar-refractivity contribution < 1.29 is 9.90 Å². The number of carbonyl (C=O) groups excluding carboxylic acids is 1. The lowest BCUT2D eigenvalue weighted by Gasteiger charge is -2.15. The van der Waals surface area contributed by atoms with E-state index in [9.17, 15) is 9.90 Å². The summed E-state index contributed by atoms with van der Waals surface area (Å²) < 4.78 is 0. The molecule has 0 aromatic rings. The summed E-state index contributed by atoms with van der Waals surface area (Å²) in [4.78, 5) is 10.6. The number of carboxylic acids is 1. The fourth-order valence-corrected chi connectivity index (χ4v) is 1.84. The average Bonchev–Trinajstić information content (AvgIpc) is 2.21. The van der Waals surface area contributed by atoms with Crippen molar-refractivity contribution in [2.45, 2.75) is 71.6 Å². The van der Waals surface area contributed by atoms with Gasteiger partial charge in [0.1, 0.15) is 0 Å². The van der Waals surface area contributed by atoms with Crippen molar-refractivity contribution in [3.05, 3.63) is 0 Å². The summed E-state index contributed by atoms with van der Waals surface area (Å²) in [7, 11) is 0. The van der Waals surface area contributed by atoms with E-state index in [0.29, 0.717) is 6.42 Å². The Hall–Kier alpha value is -0.530. The molecular formula is C13H25O2-. The van der Waals surface area contributed by atoms with E-state index in [2.05, 4.69) is 6.92 Å². The van der Waals surface area contributed by atoms with Crippen LogP contribution in [0.5, 0.6) is 0 Å². The van der Waals surface area contributed by atoms with Gasteiger partial charge in [-0.2, -0.15) is 0 Å². The summed E-state index contributed by atoms with van der Waals surface area (Å²) >= 11 is 0. The molecule has 1 unspecified atom stereocenters. The third-order valence-electron chi connectivity index (χ3n) is 2.98. The Morgan fingerprint density at radius 2 is 1.53 bits per heavy atom. The third-order valence-corrected chi connectivity index (χ3v) is 2.98. The lowest BCUT2D eigenvalue weighted by atomic mass is 9.98. The van der Waals surface area contributed by atoms with Gasteiger partial charge in [0, 0.05) is 5.97 Å². The van der Waals surface area contributed by atoms with E-state index in [0.717, 1.165) is 12.8 Å². The molecule has 0 spiro atoms. The molecule has 2 heteroatoms. The Morgan fingerprint density at radius 3 is 2.00 bits per heavy atom. The second-order valence-electron chi connectivity index (χ2n) is 4.33. The van der Waals surface area contributed by atoms with E-state index < -0.39 is 5.97 Å². The van der Waals surface area contributed by atoms with Gasteiger partial charge in [0.25, 0.3) is 0 Å². The maximum Gasteiger partial charge on any atom is 0.0445 e. The van der Waals surface area contributed by atoms with Crippen LogP contribution in [0, 0.1) is 5.92 Å². The minimum absolute atomic E-state index is 0.222. The zero-order chi connectivity index (χ0) is 11.5. The Labute approximate surface area is 94.1 Å². The molecule has 0 aromatic heterocycles. The van der Waals surface area contributed by atoms with E-state index in [4.69, 9.17) is 0 Å². The Kier molecular flexibility index (Phi) is 9.65. The fraction of sp³-hybridized carbons (Fsp3) is 0.923. The van der Waals surface area contributed by atoms with Crippen LogP contribution < -0.4 is 5.11 Å². The van der Waals surface area contributed by atoms with E-state index >= 15 is 0 Å². The van der Waals surface area contributed by atoms with Crippen molar-refractivity contribution in [1.29, 1.82) is 0 Å². The van der Waals surface area contributed by atoms with Crippen LogP contribution >= 0.6 is 0 Å². The molecule has 0 rings (SSSR count). The largest absolute Gasteiger partial charge is 0.550 e. The first-order chi connectivity index (χ1) is 7.22. The van der Waals surface area contributed by atoms with Crippen LogP contribution in [-0.4, -0.2) is 5.97 Å². The highest BCUT2D eigenvalue weighted by atomic mass is 16.4. The first kappa shape index (κ1) is 14.5. The predicted octanol–water partition coefficient (Wildman–Crippen LogP) is 2.90. The van der Waals surface area contributed by atoms with Crippen LogP contribution in [0.25, 0.3) is 0 Å². The van der Waals surface area contributed by atoms with Gasteiger partial charge in [-0.1, -0.05) is 58.8 Å². The Morgan fingerprint density at radius 1 is 1.00 bits per heavy atom. The van der Waals surface area contributed by atoms with Crippen LogP contribution in [0.1, 0.15) is 71.6 Å². The maximum absolute atomic E-state index is 10.6. The summed E-state index contributed by atoms with van der Waals surface area (Å²) in [5.74, 6) is -1.09. The smallest absolute Gasteiger partial charge is 0.0445 e. The Bertz CT molecular complexity index is 155. The number of carbonyl (C=O) groups is 1. The summed E-state index contributed by atoms with van der Waals surface area (Å²) in [6, 6.07) is 0. The van der Waals surface area contributed by atoms with Gasteiger partial charge in [-0.25, -0.2) is 0 Å². The molecule has 0 amide bonds. The highest BCUT2D eigenvalue weighted by molar-refractivity contribution is 5.67. The minimum atomic E-state index is -0.872. The first-order valence-electron chi connectivity index (χ1n) is 6.43. The first-order valence-corrected chi connectivity index (χ1v) is 6.43. The summed E-state index contributed by atoms with van der Waals surface area (Å²) in [5, 5.41) is 10.6. The molecule has 90 valence electrons. The van der Waals surface area contributed by atoms with Gasteiger partial charge in [0.05, 0.1) is 0 Å². The maximum atomic E-state index is 10.6. The van der Waals surface area contributed by atoms with E-state index in [1.807, 2.05) is 6.92 Å². The average molecular weight is 213 g/mol. The molecule has 0 saturated heterocycles. The second-order valence-corrected chi connectivity index (χ2v) is 4.33. The molecule has 1 atom stereocenters. The molecule has 0 N–H and O–H groups in total. The molecule has 0 bridgehead atoms. The van der Waals surface area contributed by atoms with Crippen LogP contribution in [0.4, 0.5) is 0 Å². The molecule has 0 aliphatic carbocycles. The van der Waals surface area contributed by atoms with Crippen molar-refractivity contribution in [2.24, 2.45) is 5.92 Å². The van der Waals surface area contributed by atoms with Crippen molar-refractivity contribution >= 4 is 5.97 Å². The molecule has 0 saturated carbocycles. The molecule has 0 aliphatic rings. The van der Waals surface area contributed by atoms with Gasteiger partial charge in [-0.3, -0.25) is 0 Å². The zero-order valence-electron chi connectivity index (χ0n) is 10.3. The number of hydrogen-bond acceptors (Lipinski definition) is 2. The zero-order valence-corrected chi connectivity index (χ0v) is 10.3. The normalized spacial score (nSPS) is 12.7. The van der Waals surface area contributed by atoms with Crippen molar-refractivity contribution in [2.75, 3.05) is 0 Å². The van der Waals surface area contributed by atoms with Crippen molar-refractivity contribution in [3.8, 4) is 0 Å². The lowest BCUT2D eigenvalue weighted by molar-refractivity contribution is -0.311. The molecule has 0 radical (unpaired) electrons. The minimum Gasteiger partial charge on any atom is -0.550 e. The third kappa shape index (κ3) is 8.46. The van der Waals surface area contributed by atoms with Crippen LogP contribution in [-0.2, 0) is 4.79 Å². The molecule has 2 nitrogen and oxygen atoms in total. The van der Waals surface area contributed by atoms with Gasteiger partial charge in [0.2, 0.25) is 0 Å². The topological polar surface area (TPSA) is 40.1 Å². The van der Waals surface area contributed by atoms with E-state index in [1.54, 1.807) is 0 Å². The van der Waals surface area contributed by atoms with Gasteiger partial charge in [-0.15, -0.1) is 0 Å². The highest BCUT2D eigenvalue weighted by Crippen LogP contribution is 2.14. The van der Waals surface area contributed by atoms with Gasteiger partial charge < -0.3 is 9.90 Å². The monoisotopic (exact) mass is 213 g/mol. The molecule has 0 fully saturated rings. The summed E-state index contributed by atoms with van der Waals surface area (Å²) in [6.45, 7) is 4.13. The lowest BCUT2D eigenvalue weighted by Crippen LogP contribution is -2.30.